The third kappa shape index (κ3) is 3.04. The Labute approximate surface area is 150 Å². The second kappa shape index (κ2) is 6.80. The molecule has 0 bridgehead atoms. The minimum absolute atomic E-state index is 0.0936. The van der Waals surface area contributed by atoms with E-state index in [1.165, 1.54) is 19.2 Å². The second-order valence-electron chi connectivity index (χ2n) is 6.26. The quantitative estimate of drug-likeness (QED) is 0.733. The number of anilines is 1. The number of rotatable bonds is 3. The van der Waals surface area contributed by atoms with Crippen molar-refractivity contribution < 1.29 is 13.5 Å². The summed E-state index contributed by atoms with van der Waals surface area (Å²) in [5, 5.41) is 4.14. The number of hydrogen-bond acceptors (Lipinski definition) is 5. The van der Waals surface area contributed by atoms with Gasteiger partial charge in [0.05, 0.1) is 12.7 Å². The van der Waals surface area contributed by atoms with E-state index in [9.17, 15) is 9.18 Å². The van der Waals surface area contributed by atoms with Crippen molar-refractivity contribution in [2.75, 3.05) is 38.2 Å². The molecule has 6 heteroatoms. The molecule has 1 aliphatic rings. The van der Waals surface area contributed by atoms with Crippen LogP contribution in [0.3, 0.4) is 0 Å². The van der Waals surface area contributed by atoms with Crippen molar-refractivity contribution in [2.45, 2.75) is 0 Å². The van der Waals surface area contributed by atoms with Crippen LogP contribution in [0.4, 0.5) is 10.1 Å². The summed E-state index contributed by atoms with van der Waals surface area (Å²) in [6.45, 7) is 3.72. The molecular weight excluding hydrogens is 335 g/mol. The molecule has 0 unspecified atom stereocenters. The molecule has 26 heavy (non-hydrogen) atoms. The summed E-state index contributed by atoms with van der Waals surface area (Å²) in [6.07, 6.45) is 0. The van der Waals surface area contributed by atoms with Gasteiger partial charge in [0.25, 0.3) is 0 Å². The molecule has 2 heterocycles. The van der Waals surface area contributed by atoms with Gasteiger partial charge in [-0.05, 0) is 35.9 Å². The highest BCUT2D eigenvalue weighted by atomic mass is 19.1. The third-order valence-electron chi connectivity index (χ3n) is 4.66. The summed E-state index contributed by atoms with van der Waals surface area (Å²) in [5.74, 6) is -0.377. The molecule has 0 atom stereocenters. The maximum atomic E-state index is 13.6. The number of nitrogens with zero attached hydrogens (tertiary/aromatic N) is 1. The monoisotopic (exact) mass is 354 g/mol. The summed E-state index contributed by atoms with van der Waals surface area (Å²) in [6, 6.07) is 12.0. The fourth-order valence-corrected chi connectivity index (χ4v) is 3.25. The molecule has 0 saturated carbocycles. The molecule has 0 radical (unpaired) electrons. The van der Waals surface area contributed by atoms with Gasteiger partial charge in [0, 0.05) is 43.3 Å². The van der Waals surface area contributed by atoms with Crippen LogP contribution in [0.2, 0.25) is 0 Å². The summed E-state index contributed by atoms with van der Waals surface area (Å²) >= 11 is 0. The molecule has 1 fully saturated rings. The summed E-state index contributed by atoms with van der Waals surface area (Å²) < 4.78 is 24.2. The molecular formula is C20H19FN2O3. The number of methoxy groups -OCH3 is 1. The summed E-state index contributed by atoms with van der Waals surface area (Å²) in [4.78, 5) is 14.7. The van der Waals surface area contributed by atoms with Gasteiger partial charge >= 0.3 is 5.63 Å². The Kier molecular flexibility index (Phi) is 4.34. The average Bonchev–Trinajstić information content (AvgIpc) is 2.68. The van der Waals surface area contributed by atoms with E-state index in [0.29, 0.717) is 16.7 Å². The van der Waals surface area contributed by atoms with Crippen LogP contribution in [0.25, 0.3) is 22.1 Å². The first-order chi connectivity index (χ1) is 12.7. The maximum Gasteiger partial charge on any atom is 0.344 e. The summed E-state index contributed by atoms with van der Waals surface area (Å²) in [7, 11) is 1.39. The first-order valence-electron chi connectivity index (χ1n) is 8.53. The van der Waals surface area contributed by atoms with E-state index >= 15 is 0 Å². The predicted molar refractivity (Wildman–Crippen MR) is 99.5 cm³/mol. The van der Waals surface area contributed by atoms with Crippen LogP contribution in [0.15, 0.2) is 51.7 Å². The molecule has 5 nitrogen and oxygen atoms in total. The Hall–Kier alpha value is -2.86. The first kappa shape index (κ1) is 16.6. The number of halogens is 1. The molecule has 2 aromatic carbocycles. The van der Waals surface area contributed by atoms with E-state index in [1.807, 2.05) is 18.2 Å². The molecule has 4 rings (SSSR count). The molecule has 3 aromatic rings. The van der Waals surface area contributed by atoms with Crippen molar-refractivity contribution in [3.05, 3.63) is 58.7 Å². The highest BCUT2D eigenvalue weighted by Gasteiger charge is 2.14. The summed E-state index contributed by atoms with van der Waals surface area (Å²) in [5.41, 5.74) is 2.07. The van der Waals surface area contributed by atoms with Gasteiger partial charge in [-0.2, -0.15) is 0 Å². The molecule has 0 amide bonds. The van der Waals surface area contributed by atoms with Gasteiger partial charge in [0.2, 0.25) is 0 Å². The Morgan fingerprint density at radius 1 is 1.12 bits per heavy atom. The standard InChI is InChI=1S/C20H19FN2O3/c1-25-19-11-13(3-5-17(19)21)16-10-14-2-4-15(12-18(14)26-20(16)24)23-8-6-22-7-9-23/h2-5,10-12,22H,6-9H2,1H3. The average molecular weight is 354 g/mol. The van der Waals surface area contributed by atoms with Crippen LogP contribution in [0, 0.1) is 5.82 Å². The molecule has 1 saturated heterocycles. The molecule has 134 valence electrons. The Bertz CT molecular complexity index is 1010. The minimum Gasteiger partial charge on any atom is -0.494 e. The zero-order chi connectivity index (χ0) is 18.1. The number of hydrogen-bond donors (Lipinski definition) is 1. The van der Waals surface area contributed by atoms with Crippen molar-refractivity contribution >= 4 is 16.7 Å². The van der Waals surface area contributed by atoms with Crippen LogP contribution in [0.1, 0.15) is 0 Å². The van der Waals surface area contributed by atoms with Crippen molar-refractivity contribution in [3.63, 3.8) is 0 Å². The zero-order valence-corrected chi connectivity index (χ0v) is 14.4. The van der Waals surface area contributed by atoms with Gasteiger partial charge < -0.3 is 19.4 Å². The van der Waals surface area contributed by atoms with Crippen molar-refractivity contribution in [1.82, 2.24) is 5.32 Å². The fraction of sp³-hybridized carbons (Fsp3) is 0.250. The van der Waals surface area contributed by atoms with Gasteiger partial charge in [-0.3, -0.25) is 0 Å². The van der Waals surface area contributed by atoms with E-state index in [0.717, 1.165) is 37.3 Å². The van der Waals surface area contributed by atoms with Crippen LogP contribution in [-0.4, -0.2) is 33.3 Å². The smallest absolute Gasteiger partial charge is 0.344 e. The van der Waals surface area contributed by atoms with Gasteiger partial charge in [-0.15, -0.1) is 0 Å². The lowest BCUT2D eigenvalue weighted by Crippen LogP contribution is -2.43. The number of fused-ring (bicyclic) bond motifs is 1. The number of benzene rings is 2. The van der Waals surface area contributed by atoms with Gasteiger partial charge in [0.1, 0.15) is 5.58 Å². The fourth-order valence-electron chi connectivity index (χ4n) is 3.25. The highest BCUT2D eigenvalue weighted by molar-refractivity contribution is 5.84. The van der Waals surface area contributed by atoms with Crippen LogP contribution in [0.5, 0.6) is 5.75 Å². The van der Waals surface area contributed by atoms with Crippen molar-refractivity contribution in [1.29, 1.82) is 0 Å². The van der Waals surface area contributed by atoms with Crippen LogP contribution >= 0.6 is 0 Å². The maximum absolute atomic E-state index is 13.6. The van der Waals surface area contributed by atoms with E-state index in [2.05, 4.69) is 10.2 Å². The lowest BCUT2D eigenvalue weighted by Gasteiger charge is -2.29. The lowest BCUT2D eigenvalue weighted by atomic mass is 10.1. The molecule has 0 spiro atoms. The largest absolute Gasteiger partial charge is 0.494 e. The van der Waals surface area contributed by atoms with Crippen molar-refractivity contribution in [3.8, 4) is 16.9 Å². The predicted octanol–water partition coefficient (Wildman–Crippen LogP) is 3.02. The van der Waals surface area contributed by atoms with Crippen molar-refractivity contribution in [2.24, 2.45) is 0 Å². The molecule has 1 aliphatic heterocycles. The Morgan fingerprint density at radius 2 is 1.92 bits per heavy atom. The normalized spacial score (nSPS) is 14.6. The van der Waals surface area contributed by atoms with Crippen LogP contribution in [-0.2, 0) is 0 Å². The second-order valence-corrected chi connectivity index (χ2v) is 6.26. The van der Waals surface area contributed by atoms with Gasteiger partial charge in [-0.25, -0.2) is 9.18 Å². The van der Waals surface area contributed by atoms with Gasteiger partial charge in [0.15, 0.2) is 11.6 Å². The minimum atomic E-state index is -0.470. The highest BCUT2D eigenvalue weighted by Crippen LogP contribution is 2.28. The van der Waals surface area contributed by atoms with E-state index in [4.69, 9.17) is 9.15 Å². The molecule has 1 N–H and O–H groups in total. The van der Waals surface area contributed by atoms with E-state index in [-0.39, 0.29) is 5.75 Å². The number of nitrogens with one attached hydrogen (secondary N) is 1. The molecule has 0 aliphatic carbocycles. The number of piperazine rings is 1. The SMILES string of the molecule is COc1cc(-c2cc3ccc(N4CCNCC4)cc3oc2=O)ccc1F. The van der Waals surface area contributed by atoms with E-state index < -0.39 is 11.4 Å². The first-order valence-corrected chi connectivity index (χ1v) is 8.53. The third-order valence-corrected chi connectivity index (χ3v) is 4.66. The Morgan fingerprint density at radius 3 is 2.69 bits per heavy atom. The lowest BCUT2D eigenvalue weighted by molar-refractivity contribution is 0.387. The Balaban J connectivity index is 1.76. The van der Waals surface area contributed by atoms with E-state index in [1.54, 1.807) is 12.1 Å². The van der Waals surface area contributed by atoms with Crippen LogP contribution < -0.4 is 20.6 Å². The number of ether oxygens (including phenoxy) is 1. The van der Waals surface area contributed by atoms with Gasteiger partial charge in [-0.1, -0.05) is 6.07 Å². The zero-order valence-electron chi connectivity index (χ0n) is 14.4. The molecule has 1 aromatic heterocycles. The topological polar surface area (TPSA) is 54.7 Å².